The Hall–Kier alpha value is -1.15. The maximum Gasteiger partial charge on any atom is 0.159 e. The fraction of sp³-hybridized carbons (Fsp3) is 0.417. The summed E-state index contributed by atoms with van der Waals surface area (Å²) in [5, 5.41) is 0. The Kier molecular flexibility index (Phi) is 2.38. The topological polar surface area (TPSA) is 26.3 Å². The number of fused-ring (bicyclic) bond motifs is 1. The van der Waals surface area contributed by atoms with E-state index in [4.69, 9.17) is 4.74 Å². The Labute approximate surface area is 83.9 Å². The van der Waals surface area contributed by atoms with Gasteiger partial charge in [-0.15, -0.1) is 0 Å². The third-order valence-electron chi connectivity index (χ3n) is 2.73. The molecule has 0 saturated heterocycles. The van der Waals surface area contributed by atoms with Crippen molar-refractivity contribution in [3.8, 4) is 0 Å². The lowest BCUT2D eigenvalue weighted by molar-refractivity contribution is 0.101. The van der Waals surface area contributed by atoms with Gasteiger partial charge in [-0.2, -0.15) is 0 Å². The lowest BCUT2D eigenvalue weighted by Crippen LogP contribution is -1.99. The summed E-state index contributed by atoms with van der Waals surface area (Å²) in [4.78, 5) is 11.3. The van der Waals surface area contributed by atoms with Crippen molar-refractivity contribution in [3.63, 3.8) is 0 Å². The molecule has 2 heteroatoms. The summed E-state index contributed by atoms with van der Waals surface area (Å²) in [5.74, 6) is 0.134. The summed E-state index contributed by atoms with van der Waals surface area (Å²) in [7, 11) is 0. The predicted octanol–water partition coefficient (Wildman–Crippen LogP) is 2.48. The molecule has 1 aliphatic rings. The maximum absolute atomic E-state index is 11.3. The quantitative estimate of drug-likeness (QED) is 0.670. The number of hydrogen-bond acceptors (Lipinski definition) is 2. The van der Waals surface area contributed by atoms with Crippen molar-refractivity contribution < 1.29 is 9.53 Å². The van der Waals surface area contributed by atoms with Gasteiger partial charge in [0.05, 0.1) is 13.2 Å². The lowest BCUT2D eigenvalue weighted by Gasteiger charge is -2.07. The number of ether oxygens (including phenoxy) is 1. The van der Waals surface area contributed by atoms with Crippen LogP contribution in [0.1, 0.15) is 40.9 Å². The average Bonchev–Trinajstić information content (AvgIpc) is 2.63. The molecule has 1 aromatic rings. The minimum Gasteiger partial charge on any atom is -0.372 e. The summed E-state index contributed by atoms with van der Waals surface area (Å²) < 4.78 is 5.38. The highest BCUT2D eigenvalue weighted by Gasteiger charge is 2.16. The normalized spacial score (nSPS) is 14.1. The summed E-state index contributed by atoms with van der Waals surface area (Å²) in [6.45, 7) is 5.08. The number of benzene rings is 1. The zero-order valence-corrected chi connectivity index (χ0v) is 8.59. The number of hydrogen-bond donors (Lipinski definition) is 0. The van der Waals surface area contributed by atoms with Gasteiger partial charge in [0.1, 0.15) is 0 Å². The lowest BCUT2D eigenvalue weighted by atomic mass is 9.97. The van der Waals surface area contributed by atoms with Gasteiger partial charge in [-0.1, -0.05) is 6.92 Å². The molecular formula is C12H14O2. The van der Waals surface area contributed by atoms with E-state index < -0.39 is 0 Å². The van der Waals surface area contributed by atoms with Gasteiger partial charge in [0, 0.05) is 5.56 Å². The number of aryl methyl sites for hydroxylation is 1. The molecule has 0 radical (unpaired) electrons. The van der Waals surface area contributed by atoms with Gasteiger partial charge >= 0.3 is 0 Å². The van der Waals surface area contributed by atoms with Crippen LogP contribution >= 0.6 is 0 Å². The summed E-state index contributed by atoms with van der Waals surface area (Å²) in [6.07, 6.45) is 0.965. The first kappa shape index (κ1) is 9.41. The van der Waals surface area contributed by atoms with Gasteiger partial charge < -0.3 is 4.74 Å². The molecule has 0 amide bonds. The summed E-state index contributed by atoms with van der Waals surface area (Å²) >= 11 is 0. The Morgan fingerprint density at radius 3 is 2.86 bits per heavy atom. The molecule has 0 saturated carbocycles. The molecular weight excluding hydrogens is 176 g/mol. The zero-order valence-electron chi connectivity index (χ0n) is 8.59. The fourth-order valence-corrected chi connectivity index (χ4v) is 1.89. The second-order valence-electron chi connectivity index (χ2n) is 3.68. The smallest absolute Gasteiger partial charge is 0.159 e. The van der Waals surface area contributed by atoms with Crippen LogP contribution in [0.3, 0.4) is 0 Å². The van der Waals surface area contributed by atoms with Crippen molar-refractivity contribution in [2.75, 3.05) is 0 Å². The van der Waals surface area contributed by atoms with Gasteiger partial charge in [-0.25, -0.2) is 0 Å². The highest BCUT2D eigenvalue weighted by atomic mass is 16.5. The van der Waals surface area contributed by atoms with Gasteiger partial charge in [-0.3, -0.25) is 4.79 Å². The van der Waals surface area contributed by atoms with Crippen molar-refractivity contribution in [2.24, 2.45) is 0 Å². The minimum absolute atomic E-state index is 0.134. The van der Waals surface area contributed by atoms with Crippen LogP contribution in [0.25, 0.3) is 0 Å². The third kappa shape index (κ3) is 1.46. The monoisotopic (exact) mass is 190 g/mol. The molecule has 0 fully saturated rings. The summed E-state index contributed by atoms with van der Waals surface area (Å²) in [5.41, 5.74) is 4.54. The molecule has 2 rings (SSSR count). The van der Waals surface area contributed by atoms with Gasteiger partial charge in [0.15, 0.2) is 5.78 Å². The van der Waals surface area contributed by atoms with E-state index in [-0.39, 0.29) is 5.78 Å². The van der Waals surface area contributed by atoms with Gasteiger partial charge in [0.2, 0.25) is 0 Å². The van der Waals surface area contributed by atoms with Crippen LogP contribution in [-0.2, 0) is 24.4 Å². The van der Waals surface area contributed by atoms with Crippen LogP contribution in [0.2, 0.25) is 0 Å². The molecule has 0 aliphatic carbocycles. The van der Waals surface area contributed by atoms with E-state index >= 15 is 0 Å². The highest BCUT2D eigenvalue weighted by Crippen LogP contribution is 2.25. The fourth-order valence-electron chi connectivity index (χ4n) is 1.89. The van der Waals surface area contributed by atoms with E-state index in [0.717, 1.165) is 12.0 Å². The average molecular weight is 190 g/mol. The van der Waals surface area contributed by atoms with Crippen LogP contribution in [0.15, 0.2) is 12.1 Å². The molecule has 0 unspecified atom stereocenters. The molecule has 0 atom stereocenters. The first-order valence-electron chi connectivity index (χ1n) is 4.95. The predicted molar refractivity (Wildman–Crippen MR) is 54.3 cm³/mol. The molecule has 1 aromatic carbocycles. The van der Waals surface area contributed by atoms with Crippen molar-refractivity contribution in [3.05, 3.63) is 34.4 Å². The first-order chi connectivity index (χ1) is 6.72. The zero-order chi connectivity index (χ0) is 10.1. The minimum atomic E-state index is 0.134. The van der Waals surface area contributed by atoms with Crippen LogP contribution in [0.4, 0.5) is 0 Å². The van der Waals surface area contributed by atoms with Crippen LogP contribution < -0.4 is 0 Å². The van der Waals surface area contributed by atoms with Crippen LogP contribution in [0, 0.1) is 0 Å². The molecule has 2 nitrogen and oxygen atoms in total. The van der Waals surface area contributed by atoms with Crippen molar-refractivity contribution in [1.82, 2.24) is 0 Å². The van der Waals surface area contributed by atoms with Crippen molar-refractivity contribution in [1.29, 1.82) is 0 Å². The molecule has 74 valence electrons. The Bertz CT molecular complexity index is 380. The van der Waals surface area contributed by atoms with Crippen LogP contribution in [-0.4, -0.2) is 5.78 Å². The SMILES string of the molecule is CCc1cc(C(C)=O)cc2c1COC2. The van der Waals surface area contributed by atoms with Crippen molar-refractivity contribution >= 4 is 5.78 Å². The number of rotatable bonds is 2. The molecule has 0 N–H and O–H groups in total. The molecule has 0 aromatic heterocycles. The molecule has 1 heterocycles. The molecule has 0 spiro atoms. The summed E-state index contributed by atoms with van der Waals surface area (Å²) in [6, 6.07) is 3.96. The van der Waals surface area contributed by atoms with E-state index in [1.807, 2.05) is 12.1 Å². The molecule has 0 bridgehead atoms. The first-order valence-corrected chi connectivity index (χ1v) is 4.95. The largest absolute Gasteiger partial charge is 0.372 e. The van der Waals surface area contributed by atoms with Crippen molar-refractivity contribution in [2.45, 2.75) is 33.5 Å². The third-order valence-corrected chi connectivity index (χ3v) is 2.73. The molecule has 14 heavy (non-hydrogen) atoms. The second-order valence-corrected chi connectivity index (χ2v) is 3.68. The number of carbonyl (C=O) groups excluding carboxylic acids is 1. The van der Waals surface area contributed by atoms with E-state index in [2.05, 4.69) is 6.92 Å². The number of ketones is 1. The van der Waals surface area contributed by atoms with E-state index in [9.17, 15) is 4.79 Å². The van der Waals surface area contributed by atoms with E-state index in [1.165, 1.54) is 16.7 Å². The molecule has 1 aliphatic heterocycles. The van der Waals surface area contributed by atoms with Gasteiger partial charge in [-0.05, 0) is 42.2 Å². The Morgan fingerprint density at radius 1 is 1.43 bits per heavy atom. The van der Waals surface area contributed by atoms with E-state index in [0.29, 0.717) is 13.2 Å². The number of carbonyl (C=O) groups is 1. The highest BCUT2D eigenvalue weighted by molar-refractivity contribution is 5.94. The Morgan fingerprint density at radius 2 is 2.21 bits per heavy atom. The van der Waals surface area contributed by atoms with Gasteiger partial charge in [0.25, 0.3) is 0 Å². The maximum atomic E-state index is 11.3. The second kappa shape index (κ2) is 3.54. The number of Topliss-reactive ketones (excluding diaryl/α,β-unsaturated/α-hetero) is 1. The Balaban J connectivity index is 2.54. The van der Waals surface area contributed by atoms with E-state index in [1.54, 1.807) is 6.92 Å². The standard InChI is InChI=1S/C12H14O2/c1-3-9-4-10(8(2)13)5-11-6-14-7-12(9)11/h4-5H,3,6-7H2,1-2H3. The van der Waals surface area contributed by atoms with Crippen LogP contribution in [0.5, 0.6) is 0 Å².